The number of hydrogen-bond acceptors (Lipinski definition) is 3. The molecule has 0 N–H and O–H groups in total. The van der Waals surface area contributed by atoms with E-state index in [1.807, 2.05) is 17.4 Å². The van der Waals surface area contributed by atoms with Crippen LogP contribution in [0.15, 0.2) is 174 Å². The first-order valence-corrected chi connectivity index (χ1v) is 18.0. The van der Waals surface area contributed by atoms with E-state index in [1.54, 1.807) is 6.20 Å². The first kappa shape index (κ1) is 28.4. The molecular weight excluding hydrogens is 641 g/mol. The van der Waals surface area contributed by atoms with Gasteiger partial charge in [-0.3, -0.25) is 0 Å². The summed E-state index contributed by atoms with van der Waals surface area (Å²) in [5.41, 5.74) is 12.3. The molecule has 0 fully saturated rings. The third-order valence-corrected chi connectivity index (χ3v) is 11.5. The number of furan rings is 1. The zero-order chi connectivity index (χ0) is 33.5. The fourth-order valence-corrected chi connectivity index (χ4v) is 9.13. The summed E-state index contributed by atoms with van der Waals surface area (Å²) in [4.78, 5) is 4.44. The highest BCUT2D eigenvalue weighted by molar-refractivity contribution is 7.26. The number of para-hydroxylation sites is 1. The Hall–Kier alpha value is -6.49. The van der Waals surface area contributed by atoms with Crippen molar-refractivity contribution < 1.29 is 4.42 Å². The molecule has 0 saturated heterocycles. The molecule has 11 aromatic rings. The molecule has 4 heteroatoms. The van der Waals surface area contributed by atoms with E-state index in [2.05, 4.69) is 167 Å². The summed E-state index contributed by atoms with van der Waals surface area (Å²) in [6.07, 6.45) is 1.77. The molecule has 238 valence electrons. The van der Waals surface area contributed by atoms with Crippen molar-refractivity contribution in [3.63, 3.8) is 0 Å². The monoisotopic (exact) mass is 668 g/mol. The highest BCUT2D eigenvalue weighted by Crippen LogP contribution is 2.41. The molecule has 0 aliphatic heterocycles. The van der Waals surface area contributed by atoms with E-state index in [1.165, 1.54) is 75.4 Å². The average molecular weight is 669 g/mol. The Morgan fingerprint density at radius 3 is 2.02 bits per heavy atom. The van der Waals surface area contributed by atoms with Crippen LogP contribution in [0.25, 0.3) is 103 Å². The summed E-state index contributed by atoms with van der Waals surface area (Å²) in [7, 11) is 0. The van der Waals surface area contributed by atoms with E-state index in [4.69, 9.17) is 4.42 Å². The van der Waals surface area contributed by atoms with Crippen LogP contribution in [0, 0.1) is 0 Å². The predicted molar refractivity (Wildman–Crippen MR) is 215 cm³/mol. The standard InChI is InChI=1S/C47H28N2OS/c1-3-18-42-36(13-1)40-27-32(20-22-43(40)49(42)34-21-23-44-41(28-34)39-17-8-24-48-47(39)50-44)30-10-5-9-29(25-30)31-11-6-12-33(26-31)35-15-7-16-38-37-14-2-4-19-45(37)51-46(35)38/h1-28H. The van der Waals surface area contributed by atoms with Crippen LogP contribution in [0.3, 0.4) is 0 Å². The lowest BCUT2D eigenvalue weighted by atomic mass is 9.95. The van der Waals surface area contributed by atoms with Gasteiger partial charge in [0.2, 0.25) is 5.71 Å². The zero-order valence-corrected chi connectivity index (χ0v) is 28.2. The van der Waals surface area contributed by atoms with Crippen LogP contribution in [0.1, 0.15) is 0 Å². The first-order chi connectivity index (χ1) is 25.3. The molecular formula is C47H28N2OS. The Morgan fingerprint density at radius 1 is 0.451 bits per heavy atom. The highest BCUT2D eigenvalue weighted by Gasteiger charge is 2.16. The molecule has 0 atom stereocenters. The van der Waals surface area contributed by atoms with Gasteiger partial charge in [-0.15, -0.1) is 11.3 Å². The largest absolute Gasteiger partial charge is 0.438 e. The summed E-state index contributed by atoms with van der Waals surface area (Å²) in [6, 6.07) is 59.3. The van der Waals surface area contributed by atoms with Crippen molar-refractivity contribution in [2.24, 2.45) is 0 Å². The third-order valence-electron chi connectivity index (χ3n) is 10.3. The second-order valence-electron chi connectivity index (χ2n) is 13.2. The van der Waals surface area contributed by atoms with Crippen molar-refractivity contribution >= 4 is 75.4 Å². The Balaban J connectivity index is 1.01. The zero-order valence-electron chi connectivity index (χ0n) is 27.4. The van der Waals surface area contributed by atoms with Gasteiger partial charge >= 0.3 is 0 Å². The van der Waals surface area contributed by atoms with Gasteiger partial charge in [-0.2, -0.15) is 0 Å². The molecule has 0 spiro atoms. The lowest BCUT2D eigenvalue weighted by Gasteiger charge is -2.10. The van der Waals surface area contributed by atoms with Crippen LogP contribution >= 0.6 is 11.3 Å². The van der Waals surface area contributed by atoms with E-state index in [9.17, 15) is 0 Å². The molecule has 4 heterocycles. The summed E-state index contributed by atoms with van der Waals surface area (Å²) in [5, 5.41) is 7.20. The minimum atomic E-state index is 0.666. The maximum atomic E-state index is 6.04. The van der Waals surface area contributed by atoms with Crippen molar-refractivity contribution in [1.29, 1.82) is 0 Å². The maximum Gasteiger partial charge on any atom is 0.227 e. The van der Waals surface area contributed by atoms with Gasteiger partial charge in [0.05, 0.1) is 11.0 Å². The first-order valence-electron chi connectivity index (χ1n) is 17.2. The van der Waals surface area contributed by atoms with E-state index in [-0.39, 0.29) is 0 Å². The number of rotatable bonds is 4. The number of aromatic nitrogens is 2. The van der Waals surface area contributed by atoms with Gasteiger partial charge in [0, 0.05) is 53.6 Å². The van der Waals surface area contributed by atoms with Gasteiger partial charge in [0.1, 0.15) is 5.58 Å². The molecule has 0 bridgehead atoms. The summed E-state index contributed by atoms with van der Waals surface area (Å²) in [5.74, 6) is 0. The number of hydrogen-bond donors (Lipinski definition) is 0. The van der Waals surface area contributed by atoms with Crippen LogP contribution in [0.4, 0.5) is 0 Å². The maximum absolute atomic E-state index is 6.04. The van der Waals surface area contributed by atoms with Crippen LogP contribution in [0.2, 0.25) is 0 Å². The van der Waals surface area contributed by atoms with Crippen molar-refractivity contribution in [1.82, 2.24) is 9.55 Å². The van der Waals surface area contributed by atoms with Crippen molar-refractivity contribution in [2.75, 3.05) is 0 Å². The van der Waals surface area contributed by atoms with E-state index in [0.29, 0.717) is 5.71 Å². The number of nitrogens with zero attached hydrogens (tertiary/aromatic N) is 2. The van der Waals surface area contributed by atoms with E-state index >= 15 is 0 Å². The fourth-order valence-electron chi connectivity index (χ4n) is 7.89. The number of pyridine rings is 1. The second kappa shape index (κ2) is 11.0. The molecule has 0 unspecified atom stereocenters. The van der Waals surface area contributed by atoms with Crippen LogP contribution < -0.4 is 0 Å². The second-order valence-corrected chi connectivity index (χ2v) is 14.2. The molecule has 0 amide bonds. The number of thiophene rings is 1. The molecule has 4 aromatic heterocycles. The smallest absolute Gasteiger partial charge is 0.227 e. The molecule has 3 nitrogen and oxygen atoms in total. The van der Waals surface area contributed by atoms with E-state index in [0.717, 1.165) is 22.0 Å². The minimum Gasteiger partial charge on any atom is -0.438 e. The third kappa shape index (κ3) is 4.40. The van der Waals surface area contributed by atoms with Gasteiger partial charge in [0.25, 0.3) is 0 Å². The Kier molecular flexibility index (Phi) is 6.12. The molecule has 0 saturated carbocycles. The summed E-state index contributed by atoms with van der Waals surface area (Å²) >= 11 is 1.88. The summed E-state index contributed by atoms with van der Waals surface area (Å²) < 4.78 is 11.1. The SMILES string of the molecule is c1cc(-c2cccc(-c3cccc4c3sc3ccccc34)c2)cc(-c2ccc3c(c2)c2ccccc2n3-c2ccc3oc4ncccc4c3c2)c1. The molecule has 11 rings (SSSR count). The van der Waals surface area contributed by atoms with Crippen molar-refractivity contribution in [3.05, 3.63) is 170 Å². The molecule has 0 radical (unpaired) electrons. The van der Waals surface area contributed by atoms with Gasteiger partial charge in [-0.25, -0.2) is 4.98 Å². The van der Waals surface area contributed by atoms with Gasteiger partial charge in [-0.05, 0) is 100 Å². The van der Waals surface area contributed by atoms with Crippen LogP contribution in [0.5, 0.6) is 0 Å². The van der Waals surface area contributed by atoms with Crippen molar-refractivity contribution in [2.45, 2.75) is 0 Å². The average Bonchev–Trinajstić information content (AvgIpc) is 3.87. The Labute approximate surface area is 297 Å². The minimum absolute atomic E-state index is 0.666. The Bertz CT molecular complexity index is 3160. The molecule has 51 heavy (non-hydrogen) atoms. The Morgan fingerprint density at radius 2 is 1.14 bits per heavy atom. The van der Waals surface area contributed by atoms with Crippen LogP contribution in [-0.2, 0) is 0 Å². The predicted octanol–water partition coefficient (Wildman–Crippen LogP) is 13.4. The van der Waals surface area contributed by atoms with Crippen LogP contribution in [-0.4, -0.2) is 9.55 Å². The van der Waals surface area contributed by atoms with Gasteiger partial charge in [-0.1, -0.05) is 97.1 Å². The summed E-state index contributed by atoms with van der Waals surface area (Å²) in [6.45, 7) is 0. The molecule has 7 aromatic carbocycles. The lowest BCUT2D eigenvalue weighted by Crippen LogP contribution is -1.93. The van der Waals surface area contributed by atoms with Crippen molar-refractivity contribution in [3.8, 4) is 39.1 Å². The lowest BCUT2D eigenvalue weighted by molar-refractivity contribution is 0.654. The highest BCUT2D eigenvalue weighted by atomic mass is 32.1. The number of fused-ring (bicyclic) bond motifs is 9. The molecule has 0 aliphatic carbocycles. The van der Waals surface area contributed by atoms with Gasteiger partial charge in [0.15, 0.2) is 0 Å². The topological polar surface area (TPSA) is 31.0 Å². The normalized spacial score (nSPS) is 11.9. The van der Waals surface area contributed by atoms with Gasteiger partial charge < -0.3 is 8.98 Å². The number of benzene rings is 7. The van der Waals surface area contributed by atoms with E-state index < -0.39 is 0 Å². The quantitative estimate of drug-likeness (QED) is 0.187. The fraction of sp³-hybridized carbons (Fsp3) is 0. The molecule has 0 aliphatic rings.